The highest BCUT2D eigenvalue weighted by Gasteiger charge is 2.09. The molecule has 0 unspecified atom stereocenters. The molecule has 0 aliphatic heterocycles. The highest BCUT2D eigenvalue weighted by molar-refractivity contribution is 5.65. The average molecular weight is 200 g/mol. The Labute approximate surface area is 80.5 Å². The van der Waals surface area contributed by atoms with Gasteiger partial charge in [0.25, 0.3) is 0 Å². The molecule has 1 aromatic rings. The summed E-state index contributed by atoms with van der Waals surface area (Å²) in [4.78, 5) is 10.5. The van der Waals surface area contributed by atoms with E-state index in [1.54, 1.807) is 0 Å². The molecule has 76 valence electrons. The van der Waals surface area contributed by atoms with Gasteiger partial charge in [-0.1, -0.05) is 6.07 Å². The zero-order valence-corrected chi connectivity index (χ0v) is 7.93. The lowest BCUT2D eigenvalue weighted by molar-refractivity contribution is -0.142. The van der Waals surface area contributed by atoms with Crippen LogP contribution in [0.5, 0.6) is 0 Å². The number of esters is 1. The Morgan fingerprint density at radius 2 is 2.07 bits per heavy atom. The first kappa shape index (κ1) is 10.6. The Morgan fingerprint density at radius 1 is 1.43 bits per heavy atom. The minimum atomic E-state index is -0.894. The predicted molar refractivity (Wildman–Crippen MR) is 46.6 cm³/mol. The first-order chi connectivity index (χ1) is 6.52. The third-order valence-corrected chi connectivity index (χ3v) is 1.88. The standard InChI is InChI=1S/C10H10F2O2/c1-6-8(5-14-7(2)13)3-4-9(11)10(6)12/h3-4H,5H2,1-2H3. The van der Waals surface area contributed by atoms with Crippen LogP contribution in [0.1, 0.15) is 18.1 Å². The second kappa shape index (κ2) is 4.17. The third kappa shape index (κ3) is 2.28. The molecule has 0 aromatic heterocycles. The number of halogens is 2. The topological polar surface area (TPSA) is 26.3 Å². The lowest BCUT2D eigenvalue weighted by Crippen LogP contribution is -2.02. The molecule has 2 nitrogen and oxygen atoms in total. The summed E-state index contributed by atoms with van der Waals surface area (Å²) in [5.41, 5.74) is 0.644. The quantitative estimate of drug-likeness (QED) is 0.685. The zero-order chi connectivity index (χ0) is 10.7. The fourth-order valence-corrected chi connectivity index (χ4v) is 1.03. The van der Waals surface area contributed by atoms with E-state index in [4.69, 9.17) is 0 Å². The van der Waals surface area contributed by atoms with Gasteiger partial charge in [0, 0.05) is 6.92 Å². The van der Waals surface area contributed by atoms with Gasteiger partial charge in [0.1, 0.15) is 6.61 Å². The van der Waals surface area contributed by atoms with Gasteiger partial charge in [0.05, 0.1) is 0 Å². The molecule has 0 aliphatic rings. The number of hydrogen-bond acceptors (Lipinski definition) is 2. The number of carbonyl (C=O) groups excluding carboxylic acids is 1. The van der Waals surface area contributed by atoms with Crippen LogP contribution in [0.3, 0.4) is 0 Å². The van der Waals surface area contributed by atoms with E-state index >= 15 is 0 Å². The van der Waals surface area contributed by atoms with Crippen LogP contribution in [0.4, 0.5) is 8.78 Å². The zero-order valence-electron chi connectivity index (χ0n) is 7.93. The van der Waals surface area contributed by atoms with Gasteiger partial charge in [-0.3, -0.25) is 4.79 Å². The number of rotatable bonds is 2. The van der Waals surface area contributed by atoms with Gasteiger partial charge in [-0.05, 0) is 24.1 Å². The van der Waals surface area contributed by atoms with Gasteiger partial charge >= 0.3 is 5.97 Å². The van der Waals surface area contributed by atoms with Gasteiger partial charge in [-0.2, -0.15) is 0 Å². The molecule has 0 saturated carbocycles. The normalized spacial score (nSPS) is 10.0. The van der Waals surface area contributed by atoms with Crippen molar-refractivity contribution in [1.82, 2.24) is 0 Å². The van der Waals surface area contributed by atoms with Crippen molar-refractivity contribution >= 4 is 5.97 Å². The summed E-state index contributed by atoms with van der Waals surface area (Å²) in [5.74, 6) is -2.24. The molecular formula is C10H10F2O2. The summed E-state index contributed by atoms with van der Waals surface area (Å²) in [6.07, 6.45) is 0. The number of benzene rings is 1. The van der Waals surface area contributed by atoms with E-state index in [9.17, 15) is 13.6 Å². The highest BCUT2D eigenvalue weighted by atomic mass is 19.2. The molecule has 14 heavy (non-hydrogen) atoms. The van der Waals surface area contributed by atoms with Crippen molar-refractivity contribution in [2.45, 2.75) is 20.5 Å². The molecule has 0 N–H and O–H groups in total. The smallest absolute Gasteiger partial charge is 0.302 e. The molecule has 0 spiro atoms. The lowest BCUT2D eigenvalue weighted by atomic mass is 10.1. The SMILES string of the molecule is CC(=O)OCc1ccc(F)c(F)c1C. The molecule has 0 amide bonds. The molecule has 0 fully saturated rings. The first-order valence-electron chi connectivity index (χ1n) is 4.09. The minimum absolute atomic E-state index is 0.0294. The van der Waals surface area contributed by atoms with E-state index in [1.807, 2.05) is 0 Å². The number of hydrogen-bond donors (Lipinski definition) is 0. The van der Waals surface area contributed by atoms with Crippen LogP contribution in [0, 0.1) is 18.6 Å². The van der Waals surface area contributed by atoms with Crippen molar-refractivity contribution in [2.24, 2.45) is 0 Å². The van der Waals surface area contributed by atoms with Crippen molar-refractivity contribution < 1.29 is 18.3 Å². The van der Waals surface area contributed by atoms with Crippen LogP contribution in [0.15, 0.2) is 12.1 Å². The van der Waals surface area contributed by atoms with Crippen LogP contribution in [0.25, 0.3) is 0 Å². The minimum Gasteiger partial charge on any atom is -0.461 e. The largest absolute Gasteiger partial charge is 0.461 e. The molecule has 0 heterocycles. The maximum Gasteiger partial charge on any atom is 0.302 e. The summed E-state index contributed by atoms with van der Waals surface area (Å²) in [5, 5.41) is 0. The molecule has 0 radical (unpaired) electrons. The van der Waals surface area contributed by atoms with Gasteiger partial charge in [0.2, 0.25) is 0 Å². The third-order valence-electron chi connectivity index (χ3n) is 1.88. The van der Waals surface area contributed by atoms with Gasteiger partial charge in [0.15, 0.2) is 11.6 Å². The molecule has 0 atom stereocenters. The Balaban J connectivity index is 2.88. The van der Waals surface area contributed by atoms with E-state index in [0.717, 1.165) is 6.07 Å². The maximum atomic E-state index is 13.0. The fraction of sp³-hybridized carbons (Fsp3) is 0.300. The predicted octanol–water partition coefficient (Wildman–Crippen LogP) is 2.34. The Kier molecular flexibility index (Phi) is 3.17. The monoisotopic (exact) mass is 200 g/mol. The summed E-state index contributed by atoms with van der Waals surface area (Å²) < 4.78 is 30.4. The molecule has 0 bridgehead atoms. The second-order valence-electron chi connectivity index (χ2n) is 2.93. The van der Waals surface area contributed by atoms with Crippen LogP contribution in [-0.4, -0.2) is 5.97 Å². The van der Waals surface area contributed by atoms with E-state index in [2.05, 4.69) is 4.74 Å². The summed E-state index contributed by atoms with van der Waals surface area (Å²) >= 11 is 0. The van der Waals surface area contributed by atoms with Gasteiger partial charge in [-0.15, -0.1) is 0 Å². The fourth-order valence-electron chi connectivity index (χ4n) is 1.03. The Morgan fingerprint density at radius 3 is 2.64 bits per heavy atom. The summed E-state index contributed by atoms with van der Waals surface area (Å²) in [6, 6.07) is 2.41. The van der Waals surface area contributed by atoms with Crippen molar-refractivity contribution in [3.8, 4) is 0 Å². The van der Waals surface area contributed by atoms with Crippen molar-refractivity contribution in [1.29, 1.82) is 0 Å². The van der Waals surface area contributed by atoms with Crippen molar-refractivity contribution in [3.63, 3.8) is 0 Å². The summed E-state index contributed by atoms with van der Waals surface area (Å²) in [6.45, 7) is 2.67. The van der Waals surface area contributed by atoms with Crippen LogP contribution in [0.2, 0.25) is 0 Å². The molecule has 1 rings (SSSR count). The van der Waals surface area contributed by atoms with Crippen LogP contribution in [-0.2, 0) is 16.1 Å². The van der Waals surface area contributed by atoms with Crippen molar-refractivity contribution in [3.05, 3.63) is 34.9 Å². The lowest BCUT2D eigenvalue weighted by Gasteiger charge is -2.06. The Bertz CT molecular complexity index is 361. The Hall–Kier alpha value is -1.45. The van der Waals surface area contributed by atoms with E-state index in [1.165, 1.54) is 19.9 Å². The van der Waals surface area contributed by atoms with Gasteiger partial charge < -0.3 is 4.74 Å². The molecule has 4 heteroatoms. The number of ether oxygens (including phenoxy) is 1. The molecule has 1 aromatic carbocycles. The van der Waals surface area contributed by atoms with E-state index in [0.29, 0.717) is 5.56 Å². The van der Waals surface area contributed by atoms with Crippen LogP contribution < -0.4 is 0 Å². The van der Waals surface area contributed by atoms with Crippen LogP contribution >= 0.6 is 0 Å². The van der Waals surface area contributed by atoms with E-state index in [-0.39, 0.29) is 12.2 Å². The average Bonchev–Trinajstić information content (AvgIpc) is 2.13. The number of carbonyl (C=O) groups is 1. The van der Waals surface area contributed by atoms with E-state index < -0.39 is 17.6 Å². The second-order valence-corrected chi connectivity index (χ2v) is 2.93. The molecule has 0 saturated heterocycles. The maximum absolute atomic E-state index is 13.0. The van der Waals surface area contributed by atoms with Crippen molar-refractivity contribution in [2.75, 3.05) is 0 Å². The highest BCUT2D eigenvalue weighted by Crippen LogP contribution is 2.16. The molecule has 0 aliphatic carbocycles. The summed E-state index contributed by atoms with van der Waals surface area (Å²) in [7, 11) is 0. The first-order valence-corrected chi connectivity index (χ1v) is 4.09. The van der Waals surface area contributed by atoms with Gasteiger partial charge in [-0.25, -0.2) is 8.78 Å². The molecular weight excluding hydrogens is 190 g/mol.